The van der Waals surface area contributed by atoms with Crippen LogP contribution in [0.3, 0.4) is 0 Å². The zero-order chi connectivity index (χ0) is 10.8. The summed E-state index contributed by atoms with van der Waals surface area (Å²) in [5.74, 6) is -1.61. The summed E-state index contributed by atoms with van der Waals surface area (Å²) in [5, 5.41) is 17.6. The summed E-state index contributed by atoms with van der Waals surface area (Å²) in [5.41, 5.74) is -0.699. The summed E-state index contributed by atoms with van der Waals surface area (Å²) in [6.45, 7) is 1.73. The lowest BCUT2D eigenvalue weighted by atomic mass is 9.77. The molecule has 0 saturated heterocycles. The Morgan fingerprint density at radius 3 is 2.57 bits per heavy atom. The van der Waals surface area contributed by atoms with E-state index in [0.29, 0.717) is 12.8 Å². The molecule has 0 radical (unpaired) electrons. The van der Waals surface area contributed by atoms with Crippen LogP contribution < -0.4 is 0 Å². The second kappa shape index (κ2) is 3.98. The van der Waals surface area contributed by atoms with E-state index in [1.807, 2.05) is 0 Å². The van der Waals surface area contributed by atoms with Crippen molar-refractivity contribution < 1.29 is 19.8 Å². The highest BCUT2D eigenvalue weighted by molar-refractivity contribution is 5.75. The van der Waals surface area contributed by atoms with E-state index >= 15 is 0 Å². The number of carboxylic acids is 2. The molecule has 1 rings (SSSR count). The molecule has 1 fully saturated rings. The van der Waals surface area contributed by atoms with Gasteiger partial charge in [0.1, 0.15) is 0 Å². The van der Waals surface area contributed by atoms with Gasteiger partial charge in [0.15, 0.2) is 0 Å². The molecule has 80 valence electrons. The van der Waals surface area contributed by atoms with E-state index in [9.17, 15) is 9.59 Å². The van der Waals surface area contributed by atoms with Crippen molar-refractivity contribution in [1.29, 1.82) is 0 Å². The lowest BCUT2D eigenvalue weighted by molar-refractivity contribution is -0.151. The van der Waals surface area contributed by atoms with E-state index in [2.05, 4.69) is 0 Å². The van der Waals surface area contributed by atoms with Crippen molar-refractivity contribution in [3.63, 3.8) is 0 Å². The van der Waals surface area contributed by atoms with Gasteiger partial charge in [-0.3, -0.25) is 9.59 Å². The number of hydrogen-bond acceptors (Lipinski definition) is 2. The predicted octanol–water partition coefficient (Wildman–Crippen LogP) is 1.74. The van der Waals surface area contributed by atoms with Crippen molar-refractivity contribution in [3.8, 4) is 0 Å². The zero-order valence-corrected chi connectivity index (χ0v) is 8.32. The van der Waals surface area contributed by atoms with Crippen molar-refractivity contribution >= 4 is 11.9 Å². The van der Waals surface area contributed by atoms with Crippen molar-refractivity contribution in [2.24, 2.45) is 11.3 Å². The molecule has 1 aliphatic rings. The van der Waals surface area contributed by atoms with Crippen LogP contribution in [0.15, 0.2) is 0 Å². The molecule has 4 heteroatoms. The smallest absolute Gasteiger partial charge is 0.309 e. The zero-order valence-electron chi connectivity index (χ0n) is 8.32. The summed E-state index contributed by atoms with van der Waals surface area (Å²) < 4.78 is 0. The number of carbonyl (C=O) groups is 2. The second-order valence-electron chi connectivity index (χ2n) is 4.24. The van der Waals surface area contributed by atoms with Crippen LogP contribution in [0.2, 0.25) is 0 Å². The largest absolute Gasteiger partial charge is 0.481 e. The number of rotatable bonds is 4. The molecule has 0 aromatic carbocycles. The summed E-state index contributed by atoms with van der Waals surface area (Å²) in [7, 11) is 0. The summed E-state index contributed by atoms with van der Waals surface area (Å²) >= 11 is 0. The van der Waals surface area contributed by atoms with Crippen LogP contribution in [-0.2, 0) is 9.59 Å². The molecule has 1 saturated carbocycles. The molecule has 0 aromatic rings. The Kier molecular flexibility index (Phi) is 3.13. The maximum Gasteiger partial charge on any atom is 0.309 e. The van der Waals surface area contributed by atoms with Gasteiger partial charge >= 0.3 is 11.9 Å². The first-order valence-corrected chi connectivity index (χ1v) is 4.92. The topological polar surface area (TPSA) is 74.6 Å². The highest BCUT2D eigenvalue weighted by Gasteiger charge is 2.44. The van der Waals surface area contributed by atoms with Gasteiger partial charge in [-0.15, -0.1) is 0 Å². The van der Waals surface area contributed by atoms with Gasteiger partial charge in [-0.1, -0.05) is 6.42 Å². The van der Waals surface area contributed by atoms with Crippen LogP contribution in [0.1, 0.15) is 39.0 Å². The lowest BCUT2D eigenvalue weighted by Crippen LogP contribution is -2.31. The Bertz CT molecular complexity index is 249. The molecule has 14 heavy (non-hydrogen) atoms. The molecular weight excluding hydrogens is 184 g/mol. The maximum atomic E-state index is 11.0. The Labute approximate surface area is 82.9 Å². The molecule has 0 heterocycles. The minimum Gasteiger partial charge on any atom is -0.481 e. The van der Waals surface area contributed by atoms with Gasteiger partial charge in [0.25, 0.3) is 0 Å². The number of carboxylic acid groups (broad SMARTS) is 2. The minimum absolute atomic E-state index is 0.0242. The Hall–Kier alpha value is -1.06. The van der Waals surface area contributed by atoms with Gasteiger partial charge in [0.05, 0.1) is 5.41 Å². The molecule has 0 spiro atoms. The second-order valence-corrected chi connectivity index (χ2v) is 4.24. The molecule has 1 aliphatic carbocycles. The third-order valence-corrected chi connectivity index (χ3v) is 3.34. The van der Waals surface area contributed by atoms with E-state index in [1.165, 1.54) is 0 Å². The third kappa shape index (κ3) is 2.05. The number of hydrogen-bond donors (Lipinski definition) is 2. The maximum absolute atomic E-state index is 11.0. The predicted molar refractivity (Wildman–Crippen MR) is 50.0 cm³/mol. The molecule has 2 N–H and O–H groups in total. The van der Waals surface area contributed by atoms with Gasteiger partial charge in [-0.25, -0.2) is 0 Å². The molecule has 4 nitrogen and oxygen atoms in total. The molecule has 0 aromatic heterocycles. The average Bonchev–Trinajstić information content (AvgIpc) is 2.45. The van der Waals surface area contributed by atoms with E-state index < -0.39 is 17.4 Å². The normalized spacial score (nSPS) is 31.6. The monoisotopic (exact) mass is 200 g/mol. The van der Waals surface area contributed by atoms with Crippen molar-refractivity contribution in [1.82, 2.24) is 0 Å². The van der Waals surface area contributed by atoms with Gasteiger partial charge in [0, 0.05) is 6.42 Å². The fourth-order valence-corrected chi connectivity index (χ4v) is 2.28. The standard InChI is InChI=1S/C10H16O4/c1-10(9(13)14)6-2-3-7(10)4-5-8(11)12/h7H,2-6H2,1H3,(H,11,12)(H,13,14). The van der Waals surface area contributed by atoms with Crippen LogP contribution >= 0.6 is 0 Å². The van der Waals surface area contributed by atoms with E-state index in [4.69, 9.17) is 10.2 Å². The Morgan fingerprint density at radius 1 is 1.43 bits per heavy atom. The van der Waals surface area contributed by atoms with Crippen LogP contribution in [0.5, 0.6) is 0 Å². The first-order valence-electron chi connectivity index (χ1n) is 4.92. The van der Waals surface area contributed by atoms with E-state index in [-0.39, 0.29) is 12.3 Å². The highest BCUT2D eigenvalue weighted by atomic mass is 16.4. The van der Waals surface area contributed by atoms with Gasteiger partial charge in [0.2, 0.25) is 0 Å². The van der Waals surface area contributed by atoms with Crippen molar-refractivity contribution in [3.05, 3.63) is 0 Å². The molecule has 0 aliphatic heterocycles. The fraction of sp³-hybridized carbons (Fsp3) is 0.800. The van der Waals surface area contributed by atoms with Gasteiger partial charge in [-0.05, 0) is 32.1 Å². The SMILES string of the molecule is CC1(C(=O)O)CCCC1CCC(=O)O. The quantitative estimate of drug-likeness (QED) is 0.724. The van der Waals surface area contributed by atoms with E-state index in [1.54, 1.807) is 6.92 Å². The molecule has 0 bridgehead atoms. The van der Waals surface area contributed by atoms with Crippen molar-refractivity contribution in [2.45, 2.75) is 39.0 Å². The summed E-state index contributed by atoms with van der Waals surface area (Å²) in [4.78, 5) is 21.4. The van der Waals surface area contributed by atoms with Crippen LogP contribution in [0.25, 0.3) is 0 Å². The molecule has 2 unspecified atom stereocenters. The highest BCUT2D eigenvalue weighted by Crippen LogP contribution is 2.45. The minimum atomic E-state index is -0.843. The summed E-state index contributed by atoms with van der Waals surface area (Å²) in [6.07, 6.45) is 2.97. The van der Waals surface area contributed by atoms with Gasteiger partial charge in [-0.2, -0.15) is 0 Å². The third-order valence-electron chi connectivity index (χ3n) is 3.34. The molecule has 2 atom stereocenters. The molecule has 0 amide bonds. The number of aliphatic carboxylic acids is 2. The van der Waals surface area contributed by atoms with E-state index in [0.717, 1.165) is 12.8 Å². The van der Waals surface area contributed by atoms with Crippen LogP contribution in [0, 0.1) is 11.3 Å². The average molecular weight is 200 g/mol. The van der Waals surface area contributed by atoms with Crippen LogP contribution in [-0.4, -0.2) is 22.2 Å². The van der Waals surface area contributed by atoms with Gasteiger partial charge < -0.3 is 10.2 Å². The van der Waals surface area contributed by atoms with Crippen molar-refractivity contribution in [2.75, 3.05) is 0 Å². The first-order chi connectivity index (χ1) is 6.47. The molecular formula is C10H16O4. The lowest BCUT2D eigenvalue weighted by Gasteiger charge is -2.26. The Balaban J connectivity index is 2.59. The first kappa shape index (κ1) is 11.0. The fourth-order valence-electron chi connectivity index (χ4n) is 2.28. The Morgan fingerprint density at radius 2 is 2.07 bits per heavy atom. The summed E-state index contributed by atoms with van der Waals surface area (Å²) in [6, 6.07) is 0. The van der Waals surface area contributed by atoms with Crippen LogP contribution in [0.4, 0.5) is 0 Å².